The number of nitrogens with zero attached hydrogens (tertiary/aromatic N) is 1. The monoisotopic (exact) mass is 221 g/mol. The van der Waals surface area contributed by atoms with E-state index in [4.69, 9.17) is 4.55 Å². The molecule has 0 saturated carbocycles. The van der Waals surface area contributed by atoms with Gasteiger partial charge in [-0.25, -0.2) is 4.21 Å². The second-order valence-corrected chi connectivity index (χ2v) is 4.56. The van der Waals surface area contributed by atoms with Crippen molar-refractivity contribution in [3.05, 3.63) is 0 Å². The molecular formula is C8H15NO4S. The summed E-state index contributed by atoms with van der Waals surface area (Å²) in [5, 5.41) is 9.83. The Kier molecular flexibility index (Phi) is 4.18. The highest BCUT2D eigenvalue weighted by molar-refractivity contribution is 7.79. The lowest BCUT2D eigenvalue weighted by molar-refractivity contribution is -0.114. The fraction of sp³-hybridized carbons (Fsp3) is 0.875. The third kappa shape index (κ3) is 3.45. The highest BCUT2D eigenvalue weighted by Gasteiger charge is 2.31. The van der Waals surface area contributed by atoms with Gasteiger partial charge >= 0.3 is 0 Å². The summed E-state index contributed by atoms with van der Waals surface area (Å²) >= 11 is -1.82. The van der Waals surface area contributed by atoms with Crippen molar-refractivity contribution in [3.8, 4) is 0 Å². The molecular weight excluding hydrogens is 206 g/mol. The van der Waals surface area contributed by atoms with E-state index >= 15 is 0 Å². The van der Waals surface area contributed by atoms with Crippen molar-refractivity contribution in [2.24, 2.45) is 0 Å². The van der Waals surface area contributed by atoms with Crippen LogP contribution in [0.3, 0.4) is 0 Å². The third-order valence-electron chi connectivity index (χ3n) is 2.54. The average Bonchev–Trinajstić information content (AvgIpc) is 2.09. The number of piperidine rings is 1. The zero-order valence-electron chi connectivity index (χ0n) is 7.89. The summed E-state index contributed by atoms with van der Waals surface area (Å²) < 4.78 is 19.2. The van der Waals surface area contributed by atoms with E-state index in [1.54, 1.807) is 0 Å². The van der Waals surface area contributed by atoms with Crippen LogP contribution in [-0.2, 0) is 15.9 Å². The zero-order valence-corrected chi connectivity index (χ0v) is 8.70. The standard InChI is InChI=1S/C8H15NO4S/c10-6-3-8(11)1-4-9(5-2-8)7-14(12)13/h6,11H,1-5,7H2,(H,12,13). The predicted octanol–water partition coefficient (Wildman–Crippen LogP) is -0.419. The molecule has 2 N–H and O–H groups in total. The maximum absolute atomic E-state index is 10.5. The number of rotatable bonds is 4. The smallest absolute Gasteiger partial charge is 0.167 e. The van der Waals surface area contributed by atoms with Gasteiger partial charge in [-0.2, -0.15) is 0 Å². The highest BCUT2D eigenvalue weighted by Crippen LogP contribution is 2.24. The largest absolute Gasteiger partial charge is 0.389 e. The van der Waals surface area contributed by atoms with Crippen LogP contribution in [0.5, 0.6) is 0 Å². The van der Waals surface area contributed by atoms with Crippen LogP contribution in [0.1, 0.15) is 19.3 Å². The van der Waals surface area contributed by atoms with Crippen molar-refractivity contribution in [1.29, 1.82) is 0 Å². The quantitative estimate of drug-likeness (QED) is 0.498. The van der Waals surface area contributed by atoms with Crippen molar-refractivity contribution in [2.75, 3.05) is 19.0 Å². The van der Waals surface area contributed by atoms with Crippen molar-refractivity contribution < 1.29 is 18.7 Å². The first-order chi connectivity index (χ1) is 6.56. The van der Waals surface area contributed by atoms with Crippen LogP contribution in [0.4, 0.5) is 0 Å². The Morgan fingerprint density at radius 2 is 2.00 bits per heavy atom. The lowest BCUT2D eigenvalue weighted by Gasteiger charge is -2.36. The number of carbonyl (C=O) groups is 1. The lowest BCUT2D eigenvalue weighted by Crippen LogP contribution is -2.45. The normalized spacial score (nSPS) is 24.4. The summed E-state index contributed by atoms with van der Waals surface area (Å²) in [5.74, 6) is 0.122. The Morgan fingerprint density at radius 3 is 2.43 bits per heavy atom. The molecule has 6 heteroatoms. The van der Waals surface area contributed by atoms with E-state index in [9.17, 15) is 14.1 Å². The minimum Gasteiger partial charge on any atom is -0.389 e. The first-order valence-electron chi connectivity index (χ1n) is 4.51. The molecule has 1 rings (SSSR count). The maximum Gasteiger partial charge on any atom is 0.167 e. The van der Waals surface area contributed by atoms with Crippen LogP contribution in [0, 0.1) is 0 Å². The van der Waals surface area contributed by atoms with Crippen molar-refractivity contribution in [1.82, 2.24) is 4.90 Å². The van der Waals surface area contributed by atoms with Gasteiger partial charge in [-0.3, -0.25) is 4.90 Å². The molecule has 82 valence electrons. The maximum atomic E-state index is 10.5. The lowest BCUT2D eigenvalue weighted by atomic mass is 9.89. The van der Waals surface area contributed by atoms with Gasteiger partial charge in [0.2, 0.25) is 0 Å². The molecule has 1 heterocycles. The van der Waals surface area contributed by atoms with Gasteiger partial charge < -0.3 is 14.5 Å². The van der Waals surface area contributed by atoms with Crippen LogP contribution < -0.4 is 0 Å². The van der Waals surface area contributed by atoms with E-state index < -0.39 is 16.7 Å². The van der Waals surface area contributed by atoms with Crippen LogP contribution in [0.2, 0.25) is 0 Å². The Labute approximate surface area is 85.4 Å². The molecule has 1 aliphatic heterocycles. The highest BCUT2D eigenvalue weighted by atomic mass is 32.2. The van der Waals surface area contributed by atoms with Gasteiger partial charge in [-0.15, -0.1) is 0 Å². The van der Waals surface area contributed by atoms with Gasteiger partial charge in [0.1, 0.15) is 12.2 Å². The summed E-state index contributed by atoms with van der Waals surface area (Å²) in [6, 6.07) is 0. The van der Waals surface area contributed by atoms with Gasteiger partial charge in [-0.05, 0) is 12.8 Å². The molecule has 1 aliphatic rings. The Bertz CT molecular complexity index is 225. The molecule has 1 atom stereocenters. The molecule has 0 aromatic heterocycles. The van der Waals surface area contributed by atoms with E-state index in [-0.39, 0.29) is 12.3 Å². The fourth-order valence-corrected chi connectivity index (χ4v) is 2.18. The van der Waals surface area contributed by atoms with E-state index in [1.165, 1.54) is 0 Å². The van der Waals surface area contributed by atoms with E-state index in [0.29, 0.717) is 25.9 Å². The van der Waals surface area contributed by atoms with Gasteiger partial charge in [0.05, 0.1) is 5.60 Å². The summed E-state index contributed by atoms with van der Waals surface area (Å²) in [7, 11) is 0. The summed E-state index contributed by atoms with van der Waals surface area (Å²) in [4.78, 5) is 12.1. The number of carbonyl (C=O) groups excluding carboxylic acids is 1. The number of hydrogen-bond donors (Lipinski definition) is 2. The molecule has 5 nitrogen and oxygen atoms in total. The first kappa shape index (κ1) is 11.8. The van der Waals surface area contributed by atoms with Gasteiger partial charge in [0.25, 0.3) is 0 Å². The van der Waals surface area contributed by atoms with Gasteiger partial charge in [0.15, 0.2) is 11.1 Å². The van der Waals surface area contributed by atoms with E-state index in [1.807, 2.05) is 4.90 Å². The summed E-state index contributed by atoms with van der Waals surface area (Å²) in [6.45, 7) is 1.13. The minimum absolute atomic E-state index is 0.122. The molecule has 14 heavy (non-hydrogen) atoms. The molecule has 0 radical (unpaired) electrons. The first-order valence-corrected chi connectivity index (χ1v) is 5.79. The van der Waals surface area contributed by atoms with Crippen molar-refractivity contribution in [2.45, 2.75) is 24.9 Å². The molecule has 0 aliphatic carbocycles. The Hall–Kier alpha value is -0.300. The SMILES string of the molecule is O=CCC1(O)CCN(CS(=O)O)CC1. The molecule has 0 spiro atoms. The second-order valence-electron chi connectivity index (χ2n) is 3.66. The number of hydrogen-bond acceptors (Lipinski definition) is 4. The van der Waals surface area contributed by atoms with Crippen LogP contribution in [-0.4, -0.2) is 49.6 Å². The molecule has 1 unspecified atom stereocenters. The Balaban J connectivity index is 2.37. The number of aliphatic hydroxyl groups is 1. The van der Waals surface area contributed by atoms with Crippen molar-refractivity contribution >= 4 is 17.4 Å². The summed E-state index contributed by atoms with van der Waals surface area (Å²) in [5.41, 5.74) is -0.894. The second kappa shape index (κ2) is 4.97. The van der Waals surface area contributed by atoms with Crippen LogP contribution >= 0.6 is 0 Å². The van der Waals surface area contributed by atoms with Crippen LogP contribution in [0.25, 0.3) is 0 Å². The van der Waals surface area contributed by atoms with Gasteiger partial charge in [0, 0.05) is 19.5 Å². The molecule has 0 aromatic rings. The average molecular weight is 221 g/mol. The van der Waals surface area contributed by atoms with E-state index in [2.05, 4.69) is 0 Å². The van der Waals surface area contributed by atoms with Crippen LogP contribution in [0.15, 0.2) is 0 Å². The minimum atomic E-state index is -1.82. The van der Waals surface area contributed by atoms with E-state index in [0.717, 1.165) is 6.29 Å². The topological polar surface area (TPSA) is 77.8 Å². The summed E-state index contributed by atoms with van der Waals surface area (Å²) in [6.07, 6.45) is 1.86. The fourth-order valence-electron chi connectivity index (χ4n) is 1.61. The number of aldehydes is 1. The molecule has 1 saturated heterocycles. The molecule has 0 bridgehead atoms. The molecule has 1 fully saturated rings. The Morgan fingerprint density at radius 1 is 1.43 bits per heavy atom. The third-order valence-corrected chi connectivity index (χ3v) is 3.13. The van der Waals surface area contributed by atoms with Gasteiger partial charge in [-0.1, -0.05) is 0 Å². The predicted molar refractivity (Wildman–Crippen MR) is 52.1 cm³/mol. The molecule has 0 amide bonds. The number of likely N-dealkylation sites (tertiary alicyclic amines) is 1. The zero-order chi connectivity index (χ0) is 10.6. The molecule has 0 aromatic carbocycles. The van der Waals surface area contributed by atoms with Crippen molar-refractivity contribution in [3.63, 3.8) is 0 Å².